The molecule has 21 heavy (non-hydrogen) atoms. The van der Waals surface area contributed by atoms with Crippen molar-refractivity contribution in [3.63, 3.8) is 0 Å². The number of benzene rings is 1. The van der Waals surface area contributed by atoms with Crippen molar-refractivity contribution < 1.29 is 0 Å². The lowest BCUT2D eigenvalue weighted by molar-refractivity contribution is 0.691. The first kappa shape index (κ1) is 15.0. The summed E-state index contributed by atoms with van der Waals surface area (Å²) in [5.74, 6) is 1.24. The maximum absolute atomic E-state index is 6.31. The minimum absolute atomic E-state index is 0.508. The van der Waals surface area contributed by atoms with Gasteiger partial charge in [0.1, 0.15) is 5.15 Å². The van der Waals surface area contributed by atoms with Crippen LogP contribution in [0.15, 0.2) is 28.7 Å². The Balaban J connectivity index is 2.01. The van der Waals surface area contributed by atoms with Crippen molar-refractivity contribution in [1.29, 1.82) is 0 Å². The summed E-state index contributed by atoms with van der Waals surface area (Å²) in [6, 6.07) is 8.42. The quantitative estimate of drug-likeness (QED) is 0.644. The Morgan fingerprint density at radius 3 is 2.43 bits per heavy atom. The summed E-state index contributed by atoms with van der Waals surface area (Å²) in [7, 11) is 0. The molecule has 1 heterocycles. The van der Waals surface area contributed by atoms with Crippen LogP contribution in [0.4, 0.5) is 0 Å². The highest BCUT2D eigenvalue weighted by molar-refractivity contribution is 9.10. The van der Waals surface area contributed by atoms with Crippen LogP contribution in [0.25, 0.3) is 11.4 Å². The molecule has 1 aliphatic carbocycles. The molecular weight excluding hydrogens is 348 g/mol. The van der Waals surface area contributed by atoms with Crippen LogP contribution in [0.1, 0.15) is 49.8 Å². The van der Waals surface area contributed by atoms with Gasteiger partial charge >= 0.3 is 0 Å². The Kier molecular flexibility index (Phi) is 4.60. The second-order valence-corrected chi connectivity index (χ2v) is 6.72. The Bertz CT molecular complexity index is 634. The molecule has 0 N–H and O–H groups in total. The normalized spacial score (nSPS) is 15.6. The van der Waals surface area contributed by atoms with E-state index in [9.17, 15) is 0 Å². The zero-order chi connectivity index (χ0) is 14.8. The van der Waals surface area contributed by atoms with Crippen LogP contribution in [0.5, 0.6) is 0 Å². The third kappa shape index (κ3) is 3.14. The third-order valence-corrected chi connectivity index (χ3v) is 5.48. The van der Waals surface area contributed by atoms with Crippen molar-refractivity contribution in [2.75, 3.05) is 0 Å². The molecule has 0 aliphatic heterocycles. The fraction of sp³-hybridized carbons (Fsp3) is 0.412. The third-order valence-electron chi connectivity index (χ3n) is 4.20. The van der Waals surface area contributed by atoms with Crippen molar-refractivity contribution >= 4 is 27.5 Å². The topological polar surface area (TPSA) is 25.8 Å². The van der Waals surface area contributed by atoms with Gasteiger partial charge in [-0.2, -0.15) is 0 Å². The second kappa shape index (κ2) is 6.45. The van der Waals surface area contributed by atoms with Crippen LogP contribution in [-0.2, 0) is 6.42 Å². The van der Waals surface area contributed by atoms with Crippen LogP contribution in [-0.4, -0.2) is 9.97 Å². The predicted molar refractivity (Wildman–Crippen MR) is 90.8 cm³/mol. The van der Waals surface area contributed by atoms with E-state index in [0.29, 0.717) is 11.1 Å². The van der Waals surface area contributed by atoms with Crippen molar-refractivity contribution in [2.24, 2.45) is 0 Å². The van der Waals surface area contributed by atoms with Gasteiger partial charge in [-0.05, 0) is 40.8 Å². The first-order valence-electron chi connectivity index (χ1n) is 7.51. The monoisotopic (exact) mass is 364 g/mol. The summed E-state index contributed by atoms with van der Waals surface area (Å²) < 4.78 is 0.866. The summed E-state index contributed by atoms with van der Waals surface area (Å²) in [5.41, 5.74) is 3.42. The van der Waals surface area contributed by atoms with Gasteiger partial charge in [0.25, 0.3) is 0 Å². The van der Waals surface area contributed by atoms with Gasteiger partial charge < -0.3 is 0 Å². The molecule has 0 spiro atoms. The highest BCUT2D eigenvalue weighted by Crippen LogP contribution is 2.39. The lowest BCUT2D eigenvalue weighted by atomic mass is 10.0. The zero-order valence-corrected chi connectivity index (χ0v) is 14.4. The van der Waals surface area contributed by atoms with E-state index in [1.54, 1.807) is 0 Å². The fourth-order valence-corrected chi connectivity index (χ4v) is 3.60. The maximum Gasteiger partial charge on any atom is 0.161 e. The van der Waals surface area contributed by atoms with Crippen LogP contribution in [0.2, 0.25) is 5.15 Å². The zero-order valence-electron chi connectivity index (χ0n) is 12.1. The highest BCUT2D eigenvalue weighted by atomic mass is 79.9. The molecule has 1 saturated carbocycles. The Labute approximate surface area is 139 Å². The Morgan fingerprint density at radius 2 is 1.81 bits per heavy atom. The number of aromatic nitrogens is 2. The van der Waals surface area contributed by atoms with E-state index in [-0.39, 0.29) is 0 Å². The molecule has 0 bridgehead atoms. The highest BCUT2D eigenvalue weighted by Gasteiger charge is 2.23. The molecule has 4 heteroatoms. The maximum atomic E-state index is 6.31. The van der Waals surface area contributed by atoms with Crippen molar-refractivity contribution in [3.05, 3.63) is 45.1 Å². The van der Waals surface area contributed by atoms with E-state index in [2.05, 4.69) is 52.1 Å². The van der Waals surface area contributed by atoms with Crippen molar-refractivity contribution in [3.8, 4) is 11.4 Å². The number of hydrogen-bond donors (Lipinski definition) is 0. The molecular formula is C17H18BrClN2. The Hall–Kier alpha value is -0.930. The van der Waals surface area contributed by atoms with Crippen LogP contribution in [0.3, 0.4) is 0 Å². The summed E-state index contributed by atoms with van der Waals surface area (Å²) in [4.78, 5) is 9.24. The number of hydrogen-bond acceptors (Lipinski definition) is 2. The van der Waals surface area contributed by atoms with Gasteiger partial charge in [-0.15, -0.1) is 0 Å². The lowest BCUT2D eigenvalue weighted by Crippen LogP contribution is -2.02. The summed E-state index contributed by atoms with van der Waals surface area (Å²) in [5, 5.41) is 0.515. The van der Waals surface area contributed by atoms with E-state index >= 15 is 0 Å². The molecule has 0 radical (unpaired) electrons. The van der Waals surface area contributed by atoms with Gasteiger partial charge in [0, 0.05) is 11.5 Å². The smallest absolute Gasteiger partial charge is 0.161 e. The van der Waals surface area contributed by atoms with E-state index in [1.165, 1.54) is 31.2 Å². The van der Waals surface area contributed by atoms with E-state index in [1.807, 2.05) is 0 Å². The molecule has 2 nitrogen and oxygen atoms in total. The predicted octanol–water partition coefficient (Wildman–Crippen LogP) is 5.78. The van der Waals surface area contributed by atoms with Gasteiger partial charge in [0.05, 0.1) is 10.2 Å². The molecule has 0 amide bonds. The van der Waals surface area contributed by atoms with Gasteiger partial charge in [-0.25, -0.2) is 9.97 Å². The van der Waals surface area contributed by atoms with Gasteiger partial charge in [-0.1, -0.05) is 55.6 Å². The van der Waals surface area contributed by atoms with Gasteiger partial charge in [0.2, 0.25) is 0 Å². The van der Waals surface area contributed by atoms with E-state index < -0.39 is 0 Å². The molecule has 3 rings (SSSR count). The van der Waals surface area contributed by atoms with Crippen LogP contribution in [0, 0.1) is 0 Å². The van der Waals surface area contributed by atoms with Gasteiger partial charge in [0.15, 0.2) is 5.82 Å². The number of aryl methyl sites for hydroxylation is 1. The van der Waals surface area contributed by atoms with Crippen molar-refractivity contribution in [1.82, 2.24) is 9.97 Å². The molecule has 1 fully saturated rings. The average molecular weight is 366 g/mol. The Morgan fingerprint density at radius 1 is 1.14 bits per heavy atom. The molecule has 1 aromatic heterocycles. The first-order valence-corrected chi connectivity index (χ1v) is 8.68. The molecule has 1 aliphatic rings. The molecule has 2 aromatic rings. The molecule has 1 aromatic carbocycles. The van der Waals surface area contributed by atoms with Crippen molar-refractivity contribution in [2.45, 2.75) is 44.9 Å². The minimum Gasteiger partial charge on any atom is -0.231 e. The summed E-state index contributed by atoms with van der Waals surface area (Å²) in [6.45, 7) is 2.15. The van der Waals surface area contributed by atoms with E-state index in [4.69, 9.17) is 16.6 Å². The molecule has 110 valence electrons. The summed E-state index contributed by atoms with van der Waals surface area (Å²) >= 11 is 9.87. The fourth-order valence-electron chi connectivity index (χ4n) is 2.92. The van der Waals surface area contributed by atoms with E-state index in [0.717, 1.165) is 28.0 Å². The number of rotatable bonds is 3. The SMILES string of the molecule is CCc1ccc(-c2nc(Cl)c(Br)c(C3CCCC3)n2)cc1. The standard InChI is InChI=1S/C17H18BrClN2/c1-2-11-7-9-13(10-8-11)17-20-15(12-5-3-4-6-12)14(18)16(19)21-17/h7-10,12H,2-6H2,1H3. The van der Waals surface area contributed by atoms with Gasteiger partial charge in [-0.3, -0.25) is 0 Å². The summed E-state index contributed by atoms with van der Waals surface area (Å²) in [6.07, 6.45) is 5.98. The second-order valence-electron chi connectivity index (χ2n) is 5.57. The molecule has 0 saturated heterocycles. The number of nitrogens with zero attached hydrogens (tertiary/aromatic N) is 2. The van der Waals surface area contributed by atoms with Crippen LogP contribution >= 0.6 is 27.5 Å². The number of halogens is 2. The first-order chi connectivity index (χ1) is 10.2. The molecule has 0 unspecified atom stereocenters. The largest absolute Gasteiger partial charge is 0.231 e. The lowest BCUT2D eigenvalue weighted by Gasteiger charge is -2.13. The molecule has 0 atom stereocenters. The average Bonchev–Trinajstić information content (AvgIpc) is 3.04. The minimum atomic E-state index is 0.508. The van der Waals surface area contributed by atoms with Crippen LogP contribution < -0.4 is 0 Å².